The van der Waals surface area contributed by atoms with E-state index in [-0.39, 0.29) is 78.1 Å². The Morgan fingerprint density at radius 3 is 0.696 bits per heavy atom. The van der Waals surface area contributed by atoms with Crippen LogP contribution in [0, 0.1) is 0 Å². The Morgan fingerprint density at radius 2 is 0.486 bits per heavy atom. The van der Waals surface area contributed by atoms with Crippen molar-refractivity contribution in [2.24, 2.45) is 28.7 Å². The molecule has 9 aliphatic rings. The number of carbonyl (C=O) groups excluding carboxylic acids is 5. The predicted molar refractivity (Wildman–Crippen MR) is 567 cm³/mol. The van der Waals surface area contributed by atoms with Crippen LogP contribution in [0.4, 0.5) is 70.0 Å². The molecule has 4 saturated carbocycles. The number of rotatable bonds is 33. The minimum Gasteiger partial charge on any atom is -0.493 e. The molecule has 148 heavy (non-hydrogen) atoms. The number of hydrogen-bond donors (Lipinski definition) is 5. The molecule has 0 radical (unpaired) electrons. The molecule has 4 aliphatic carbocycles. The predicted octanol–water partition coefficient (Wildman–Crippen LogP) is 17.5. The smallest absolute Gasteiger partial charge is 0.387 e. The summed E-state index contributed by atoms with van der Waals surface area (Å²) in [6.07, 6.45) is 16.6. The number of ether oxygens (including phenoxy) is 10. The van der Waals surface area contributed by atoms with Crippen molar-refractivity contribution in [3.8, 4) is 57.5 Å². The third-order valence-corrected chi connectivity index (χ3v) is 28.7. The molecule has 10 aromatic carbocycles. The Balaban J connectivity index is 0.000000139. The van der Waals surface area contributed by atoms with Crippen molar-refractivity contribution in [3.05, 3.63) is 270 Å². The summed E-state index contributed by atoms with van der Waals surface area (Å²) in [6.45, 7) is 4.74. The van der Waals surface area contributed by atoms with Crippen LogP contribution in [0.5, 0.6) is 57.5 Å². The first kappa shape index (κ1) is 108. The van der Waals surface area contributed by atoms with Gasteiger partial charge in [0.2, 0.25) is 0 Å². The first-order valence-corrected chi connectivity index (χ1v) is 51.5. The van der Waals surface area contributed by atoms with E-state index in [2.05, 4.69) is 102 Å². The third kappa shape index (κ3) is 29.8. The van der Waals surface area contributed by atoms with E-state index in [0.717, 1.165) is 190 Å². The van der Waals surface area contributed by atoms with Gasteiger partial charge in [0.15, 0.2) is 63.6 Å². The Bertz CT molecular complexity index is 5760. The molecule has 19 rings (SSSR count). The molecule has 10 N–H and O–H groups in total. The van der Waals surface area contributed by atoms with E-state index in [1.165, 1.54) is 49.1 Å². The lowest BCUT2D eigenvalue weighted by molar-refractivity contribution is -0.0527. The lowest BCUT2D eigenvalue weighted by Crippen LogP contribution is -2.57. The summed E-state index contributed by atoms with van der Waals surface area (Å²) in [7, 11) is 6.49. The zero-order valence-electron chi connectivity index (χ0n) is 85.0. The molecule has 5 atom stereocenters. The third-order valence-electron chi connectivity index (χ3n) is 28.7. The molecule has 0 unspecified atom stereocenters. The van der Waals surface area contributed by atoms with E-state index in [9.17, 15) is 41.5 Å². The van der Waals surface area contributed by atoms with E-state index in [0.29, 0.717) is 89.3 Å². The van der Waals surface area contributed by atoms with Crippen molar-refractivity contribution in [2.75, 3.05) is 164 Å². The van der Waals surface area contributed by atoms with Gasteiger partial charge in [0, 0.05) is 157 Å². The average molecular weight is 2040 g/mol. The van der Waals surface area contributed by atoms with Crippen LogP contribution < -0.4 is 101 Å². The summed E-state index contributed by atoms with van der Waals surface area (Å²) in [5.74, 6) is 5.74. The molecule has 5 saturated heterocycles. The number of benzene rings is 10. The second-order valence-electron chi connectivity index (χ2n) is 38.7. The zero-order valence-corrected chi connectivity index (χ0v) is 85.0. The molecule has 10 amide bonds. The highest BCUT2D eigenvalue weighted by atomic mass is 19.3. The van der Waals surface area contributed by atoms with Gasteiger partial charge in [0.1, 0.15) is 13.3 Å². The van der Waals surface area contributed by atoms with Crippen molar-refractivity contribution < 1.29 is 88.9 Å². The number of methoxy groups -OCH3 is 4. The fourth-order valence-electron chi connectivity index (χ4n) is 20.2. The van der Waals surface area contributed by atoms with Crippen molar-refractivity contribution in [3.63, 3.8) is 0 Å². The number of nitrogens with two attached hydrogens (primary N) is 5. The Hall–Kier alpha value is -14.7. The molecule has 5 heterocycles. The number of halogens is 4. The van der Waals surface area contributed by atoms with E-state index in [1.54, 1.807) is 70.1 Å². The van der Waals surface area contributed by atoms with Crippen molar-refractivity contribution >= 4 is 58.6 Å². The van der Waals surface area contributed by atoms with Crippen LogP contribution in [-0.2, 0) is 32.1 Å². The minimum atomic E-state index is -2.91. The van der Waals surface area contributed by atoms with E-state index in [1.807, 2.05) is 140 Å². The summed E-state index contributed by atoms with van der Waals surface area (Å²) >= 11 is 0. The summed E-state index contributed by atoms with van der Waals surface area (Å²) in [6, 6.07) is 77.2. The number of nitrogens with zero attached hydrogens (tertiary/aromatic N) is 10. The van der Waals surface area contributed by atoms with Gasteiger partial charge < -0.3 is 125 Å². The Kier molecular flexibility index (Phi) is 38.5. The lowest BCUT2D eigenvalue weighted by Gasteiger charge is -2.42. The maximum Gasteiger partial charge on any atom is 0.387 e. The van der Waals surface area contributed by atoms with Crippen LogP contribution in [0.1, 0.15) is 105 Å². The fourth-order valence-corrected chi connectivity index (χ4v) is 20.2. The number of hydrogen-bond acceptors (Lipinski definition) is 20. The SMILES string of the molecule is COc1ccc(N2CCN(C(N)=O)[C@@H](Cc3ccccc3)C2)cc1OC(CF)CF.COc1ccc(N2CCN(C(N)=O)[C@@H](Cc3ccccc3)C2)cc1OC1CC1.COc1ccc(N2CCN(C(N)=O)[C@@H](Cc3ccccc3)C2)cc1OC1CCC1.COc1ccc(N2CCN(C(N)=O)[C@@H](Cc3ccccc3)C2)cc1OC1CCCC1.NC(=O)N1CCN(c2ccc(OC(F)F)c(OC3CCC3)c2)C[C@@H]1Cc1ccccc1. The van der Waals surface area contributed by atoms with Gasteiger partial charge in [-0.1, -0.05) is 152 Å². The van der Waals surface area contributed by atoms with Gasteiger partial charge >= 0.3 is 36.8 Å². The van der Waals surface area contributed by atoms with Crippen LogP contribution in [0.3, 0.4) is 0 Å². The summed E-state index contributed by atoms with van der Waals surface area (Å²) < 4.78 is 108. The number of primary amides is 5. The van der Waals surface area contributed by atoms with Crippen molar-refractivity contribution in [2.45, 2.75) is 176 Å². The zero-order chi connectivity index (χ0) is 104. The lowest BCUT2D eigenvalue weighted by atomic mass is 9.96. The Labute approximate surface area is 865 Å². The molecule has 5 aliphatic heterocycles. The van der Waals surface area contributed by atoms with Crippen LogP contribution in [-0.4, -0.2) is 262 Å². The topological polar surface area (TPSA) is 340 Å². The first-order chi connectivity index (χ1) is 71.9. The van der Waals surface area contributed by atoms with Gasteiger partial charge in [-0.05, 0) is 198 Å². The monoisotopic (exact) mass is 2040 g/mol. The summed E-state index contributed by atoms with van der Waals surface area (Å²) in [5, 5.41) is 0. The number of alkyl halides is 4. The quantitative estimate of drug-likeness (QED) is 0.0239. The molecule has 0 aromatic heterocycles. The first-order valence-electron chi connectivity index (χ1n) is 51.5. The highest BCUT2D eigenvalue weighted by molar-refractivity contribution is 5.76. The van der Waals surface area contributed by atoms with E-state index < -0.39 is 38.1 Å². The van der Waals surface area contributed by atoms with Crippen LogP contribution in [0.25, 0.3) is 0 Å². The summed E-state index contributed by atoms with van der Waals surface area (Å²) in [4.78, 5) is 79.8. The van der Waals surface area contributed by atoms with Crippen LogP contribution in [0.2, 0.25) is 0 Å². The molecule has 0 spiro atoms. The van der Waals surface area contributed by atoms with E-state index in [4.69, 9.17) is 71.3 Å². The van der Waals surface area contributed by atoms with Gasteiger partial charge in [-0.15, -0.1) is 0 Å². The maximum absolute atomic E-state index is 12.9. The standard InChI is InChI=1S/C24H31N3O3.C23H27F2N3O3.C23H29N3O3.C22H27F2N3O3.C22H27N3O3/c1-29-22-12-11-19(16-23(22)30-21-9-5-6-10-21)26-13-14-27(24(25)28)20(17-26)15-18-7-3-2-4-8-18;24-22(25)31-20-10-9-17(14-21(20)30-19-7-4-8-19)27-11-12-28(23(26)29)18(15-27)13-16-5-2-1-3-6-16;1-28-21-11-10-18(15-22(21)29-20-8-5-9-20)25-12-13-26(23(24)27)19(16-25)14-17-6-3-2-4-7-17;1-29-20-8-7-17(12-21(20)30-19(13-23)14-24)26-9-10-27(22(25)28)18(15-26)11-16-5-3-2-4-6-16;1-27-20-10-7-17(14-21(20)28-19-8-9-19)24-11-12-25(22(23)26)18(15-24)13-16-5-3-2-4-6-16/h2-4,7-8,11-12,16,20-21H,5-6,9-10,13-15,17H2,1H3,(H2,25,28);1-3,5-6,9-10,14,18-19,22H,4,7-8,11-13,15H2,(H2,26,29);2-4,6-7,10-11,15,19-20H,5,8-9,12-14,16H2,1H3,(H2,24,27);2-8,12,18-19H,9-11,13-15H2,1H3,(H2,25,28);2-7,10,14,18-19H,8-9,11-13,15H2,1H3,(H2,23,26)/t20-;18-;19-;2*18-/m00000/s1. The van der Waals surface area contributed by atoms with Crippen LogP contribution in [0.15, 0.2) is 243 Å². The molecule has 9 fully saturated rings. The van der Waals surface area contributed by atoms with Crippen molar-refractivity contribution in [1.29, 1.82) is 0 Å². The van der Waals surface area contributed by atoms with Gasteiger partial charge in [-0.25, -0.2) is 32.8 Å². The maximum atomic E-state index is 12.9. The minimum absolute atomic E-state index is 0.0277. The number of urea groups is 5. The number of amides is 10. The van der Waals surface area contributed by atoms with Crippen LogP contribution >= 0.6 is 0 Å². The fraction of sp³-hybridized carbons (Fsp3) is 0.430. The largest absolute Gasteiger partial charge is 0.493 e. The Morgan fingerprint density at radius 1 is 0.270 bits per heavy atom. The normalized spacial score (nSPS) is 18.9. The van der Waals surface area contributed by atoms with Crippen molar-refractivity contribution in [1.82, 2.24) is 24.5 Å². The molecule has 790 valence electrons. The second-order valence-corrected chi connectivity index (χ2v) is 38.7. The highest BCUT2D eigenvalue weighted by Gasteiger charge is 2.39. The van der Waals surface area contributed by atoms with Gasteiger partial charge in [0.05, 0.1) is 83.1 Å². The molecular formula is C114H141F4N15O15. The number of anilines is 5. The average Bonchev–Trinajstić information content (AvgIpc) is 1.12. The molecule has 34 heteroatoms. The summed E-state index contributed by atoms with van der Waals surface area (Å²) in [5.41, 5.74) is 39.0. The molecule has 10 aromatic rings. The second kappa shape index (κ2) is 53.1. The molecular weight excluding hydrogens is 1900 g/mol. The number of carbonyl (C=O) groups is 5. The molecule has 30 nitrogen and oxygen atoms in total. The number of piperazine rings is 5. The van der Waals surface area contributed by atoms with E-state index >= 15 is 0 Å². The molecule has 0 bridgehead atoms. The highest BCUT2D eigenvalue weighted by Crippen LogP contribution is 2.44. The van der Waals surface area contributed by atoms with Gasteiger partial charge in [-0.3, -0.25) is 0 Å². The van der Waals surface area contributed by atoms with Gasteiger partial charge in [-0.2, -0.15) is 8.78 Å². The van der Waals surface area contributed by atoms with Gasteiger partial charge in [0.25, 0.3) is 0 Å².